The second kappa shape index (κ2) is 8.70. The zero-order valence-electron chi connectivity index (χ0n) is 17.1. The Labute approximate surface area is 183 Å². The van der Waals surface area contributed by atoms with E-state index in [1.807, 2.05) is 30.3 Å². The van der Waals surface area contributed by atoms with Crippen LogP contribution in [0.4, 0.5) is 0 Å². The minimum absolute atomic E-state index is 0.0555. The van der Waals surface area contributed by atoms with Crippen LogP contribution in [-0.2, 0) is 4.79 Å². The molecule has 0 aliphatic heterocycles. The van der Waals surface area contributed by atoms with E-state index in [0.29, 0.717) is 33.6 Å². The minimum atomic E-state index is -1.26. The number of carboxylic acid groups (broad SMARTS) is 1. The van der Waals surface area contributed by atoms with E-state index in [0.717, 1.165) is 5.56 Å². The lowest BCUT2D eigenvalue weighted by atomic mass is 10.0. The van der Waals surface area contributed by atoms with Crippen LogP contribution >= 0.6 is 0 Å². The summed E-state index contributed by atoms with van der Waals surface area (Å²) in [6, 6.07) is 19.0. The van der Waals surface area contributed by atoms with Gasteiger partial charge in [0.25, 0.3) is 0 Å². The number of ether oxygens (including phenoxy) is 1. The third kappa shape index (κ3) is 4.32. The van der Waals surface area contributed by atoms with Crippen molar-refractivity contribution >= 4 is 22.7 Å². The summed E-state index contributed by atoms with van der Waals surface area (Å²) in [6.45, 7) is 1.38. The summed E-state index contributed by atoms with van der Waals surface area (Å²) >= 11 is 0. The first kappa shape index (κ1) is 20.8. The molecule has 4 rings (SSSR count). The molecule has 32 heavy (non-hydrogen) atoms. The van der Waals surface area contributed by atoms with Gasteiger partial charge in [-0.15, -0.1) is 0 Å². The number of carbonyl (C=O) groups is 2. The van der Waals surface area contributed by atoms with Crippen molar-refractivity contribution in [2.75, 3.05) is 6.61 Å². The second-order valence-corrected chi connectivity index (χ2v) is 7.11. The predicted octanol–water partition coefficient (Wildman–Crippen LogP) is 4.87. The predicted molar refractivity (Wildman–Crippen MR) is 119 cm³/mol. The number of aromatic carboxylic acids is 1. The first-order chi connectivity index (χ1) is 15.4. The lowest BCUT2D eigenvalue weighted by Gasteiger charge is -2.05. The Kier molecular flexibility index (Phi) is 5.65. The lowest BCUT2D eigenvalue weighted by molar-refractivity contribution is -0.118. The fraction of sp³-hybridized carbons (Fsp3) is 0.0769. The van der Waals surface area contributed by atoms with Crippen molar-refractivity contribution in [3.05, 3.63) is 83.4 Å². The first-order valence-corrected chi connectivity index (χ1v) is 9.75. The fourth-order valence-corrected chi connectivity index (χ4v) is 3.20. The van der Waals surface area contributed by atoms with Gasteiger partial charge in [0.15, 0.2) is 11.5 Å². The Bertz CT molecular complexity index is 1390. The van der Waals surface area contributed by atoms with E-state index < -0.39 is 11.7 Å². The number of Topliss-reactive ketones (excluding diaryl/α,β-unsaturated/α-hetero) is 1. The van der Waals surface area contributed by atoms with Crippen LogP contribution in [0.2, 0.25) is 0 Å². The van der Waals surface area contributed by atoms with Crippen LogP contribution in [0.1, 0.15) is 28.4 Å². The molecule has 3 aromatic carbocycles. The molecule has 4 aromatic rings. The Hall–Kier alpha value is -4.50. The third-order valence-electron chi connectivity index (χ3n) is 4.68. The molecule has 6 heteroatoms. The van der Waals surface area contributed by atoms with Gasteiger partial charge in [-0.25, -0.2) is 4.79 Å². The Morgan fingerprint density at radius 2 is 1.78 bits per heavy atom. The van der Waals surface area contributed by atoms with Crippen molar-refractivity contribution < 1.29 is 29.0 Å². The standard InChI is InChI=1S/C26H18O6/c1-16(27)15-31-19-9-5-8-18(12-19)25-20(11-10-17-6-3-2-4-7-17)21-13-22(26(29)30)23(28)14-24(21)32-25/h2-9,12-14,28H,15H2,1H3,(H,29,30). The van der Waals surface area contributed by atoms with Gasteiger partial charge in [-0.05, 0) is 37.3 Å². The SMILES string of the molecule is CC(=O)COc1cccc(-c2oc3cc(O)c(C(=O)O)cc3c2C#Cc2ccccc2)c1. The Balaban J connectivity index is 1.90. The molecule has 1 aromatic heterocycles. The number of fused-ring (bicyclic) bond motifs is 1. The molecule has 0 saturated carbocycles. The first-order valence-electron chi connectivity index (χ1n) is 9.75. The van der Waals surface area contributed by atoms with Gasteiger partial charge in [-0.3, -0.25) is 4.79 Å². The topological polar surface area (TPSA) is 97.0 Å². The third-order valence-corrected chi connectivity index (χ3v) is 4.68. The molecule has 158 valence electrons. The molecule has 0 aliphatic carbocycles. The molecule has 6 nitrogen and oxygen atoms in total. The molecule has 0 saturated heterocycles. The van der Waals surface area contributed by atoms with Crippen molar-refractivity contribution in [2.45, 2.75) is 6.92 Å². The average Bonchev–Trinajstić information content (AvgIpc) is 3.13. The molecular weight excluding hydrogens is 408 g/mol. The summed E-state index contributed by atoms with van der Waals surface area (Å²) in [6.07, 6.45) is 0. The highest BCUT2D eigenvalue weighted by atomic mass is 16.5. The number of carbonyl (C=O) groups excluding carboxylic acids is 1. The molecule has 0 aliphatic rings. The number of aromatic hydroxyl groups is 1. The summed E-state index contributed by atoms with van der Waals surface area (Å²) in [5.74, 6) is 5.29. The van der Waals surface area contributed by atoms with E-state index in [1.54, 1.807) is 24.3 Å². The molecular formula is C26H18O6. The van der Waals surface area contributed by atoms with Crippen LogP contribution in [0.15, 0.2) is 71.1 Å². The van der Waals surface area contributed by atoms with Gasteiger partial charge in [0.1, 0.15) is 29.3 Å². The minimum Gasteiger partial charge on any atom is -0.507 e. The quantitative estimate of drug-likeness (QED) is 0.442. The van der Waals surface area contributed by atoms with Crippen LogP contribution in [0.5, 0.6) is 11.5 Å². The van der Waals surface area contributed by atoms with E-state index in [9.17, 15) is 19.8 Å². The maximum absolute atomic E-state index is 11.5. The molecule has 0 radical (unpaired) electrons. The number of rotatable bonds is 5. The van der Waals surface area contributed by atoms with E-state index in [4.69, 9.17) is 9.15 Å². The molecule has 0 atom stereocenters. The number of hydrogen-bond donors (Lipinski definition) is 2. The van der Waals surface area contributed by atoms with Crippen LogP contribution in [0, 0.1) is 11.8 Å². The van der Waals surface area contributed by atoms with Gasteiger partial charge >= 0.3 is 5.97 Å². The highest BCUT2D eigenvalue weighted by molar-refractivity contribution is 6.00. The molecule has 2 N–H and O–H groups in total. The maximum Gasteiger partial charge on any atom is 0.339 e. The van der Waals surface area contributed by atoms with Gasteiger partial charge in [-0.2, -0.15) is 0 Å². The van der Waals surface area contributed by atoms with Crippen molar-refractivity contribution in [3.63, 3.8) is 0 Å². The van der Waals surface area contributed by atoms with Gasteiger partial charge in [0.05, 0.1) is 5.56 Å². The summed E-state index contributed by atoms with van der Waals surface area (Å²) < 4.78 is 11.5. The van der Waals surface area contributed by atoms with E-state index in [2.05, 4.69) is 11.8 Å². The number of benzene rings is 3. The number of phenols is 1. The lowest BCUT2D eigenvalue weighted by Crippen LogP contribution is -2.06. The average molecular weight is 426 g/mol. The second-order valence-electron chi connectivity index (χ2n) is 7.11. The van der Waals surface area contributed by atoms with E-state index in [-0.39, 0.29) is 18.0 Å². The monoisotopic (exact) mass is 426 g/mol. The number of ketones is 1. The summed E-state index contributed by atoms with van der Waals surface area (Å²) in [4.78, 5) is 22.8. The van der Waals surface area contributed by atoms with E-state index in [1.165, 1.54) is 19.1 Å². The fourth-order valence-electron chi connectivity index (χ4n) is 3.20. The van der Waals surface area contributed by atoms with E-state index >= 15 is 0 Å². The van der Waals surface area contributed by atoms with Crippen LogP contribution < -0.4 is 4.74 Å². The van der Waals surface area contributed by atoms with Crippen LogP contribution in [0.25, 0.3) is 22.3 Å². The van der Waals surface area contributed by atoms with Crippen molar-refractivity contribution in [3.8, 4) is 34.7 Å². The Morgan fingerprint density at radius 3 is 2.50 bits per heavy atom. The highest BCUT2D eigenvalue weighted by Crippen LogP contribution is 2.37. The summed E-state index contributed by atoms with van der Waals surface area (Å²) in [7, 11) is 0. The highest BCUT2D eigenvalue weighted by Gasteiger charge is 2.20. The molecule has 0 fully saturated rings. The van der Waals surface area contributed by atoms with Gasteiger partial charge in [0.2, 0.25) is 0 Å². The normalized spacial score (nSPS) is 10.4. The molecule has 0 spiro atoms. The smallest absolute Gasteiger partial charge is 0.339 e. The molecule has 1 heterocycles. The van der Waals surface area contributed by atoms with Crippen LogP contribution in [0.3, 0.4) is 0 Å². The van der Waals surface area contributed by atoms with Crippen molar-refractivity contribution in [1.29, 1.82) is 0 Å². The van der Waals surface area contributed by atoms with Gasteiger partial charge in [0, 0.05) is 22.6 Å². The number of furan rings is 1. The zero-order valence-corrected chi connectivity index (χ0v) is 17.1. The zero-order chi connectivity index (χ0) is 22.7. The molecule has 0 unspecified atom stereocenters. The maximum atomic E-state index is 11.5. The number of carboxylic acids is 1. The van der Waals surface area contributed by atoms with Crippen molar-refractivity contribution in [2.24, 2.45) is 0 Å². The summed E-state index contributed by atoms with van der Waals surface area (Å²) in [5, 5.41) is 20.0. The van der Waals surface area contributed by atoms with Crippen molar-refractivity contribution in [1.82, 2.24) is 0 Å². The molecule has 0 amide bonds. The molecule has 0 bridgehead atoms. The Morgan fingerprint density at radius 1 is 1.00 bits per heavy atom. The number of hydrogen-bond acceptors (Lipinski definition) is 5. The van der Waals surface area contributed by atoms with Crippen LogP contribution in [-0.4, -0.2) is 28.6 Å². The van der Waals surface area contributed by atoms with Gasteiger partial charge in [-0.1, -0.05) is 42.2 Å². The summed E-state index contributed by atoms with van der Waals surface area (Å²) in [5.41, 5.74) is 1.95. The largest absolute Gasteiger partial charge is 0.507 e. The van der Waals surface area contributed by atoms with Gasteiger partial charge < -0.3 is 19.4 Å².